The van der Waals surface area contributed by atoms with Crippen molar-refractivity contribution in [2.45, 2.75) is 13.0 Å². The fraction of sp³-hybridized carbons (Fsp3) is 0.235. The second-order valence-electron chi connectivity index (χ2n) is 5.51. The van der Waals surface area contributed by atoms with Gasteiger partial charge in [0, 0.05) is 23.6 Å². The normalized spacial score (nSPS) is 17.6. The highest BCUT2D eigenvalue weighted by Crippen LogP contribution is 2.20. The molecule has 1 saturated heterocycles. The van der Waals surface area contributed by atoms with Crippen LogP contribution in [0.25, 0.3) is 0 Å². The van der Waals surface area contributed by atoms with E-state index < -0.39 is 5.92 Å². The van der Waals surface area contributed by atoms with E-state index in [0.29, 0.717) is 29.4 Å². The fourth-order valence-electron chi connectivity index (χ4n) is 2.53. The molecule has 6 nitrogen and oxygen atoms in total. The Bertz CT molecular complexity index is 758. The van der Waals surface area contributed by atoms with Crippen molar-refractivity contribution < 1.29 is 14.0 Å². The van der Waals surface area contributed by atoms with Crippen molar-refractivity contribution in [2.75, 3.05) is 6.54 Å². The third kappa shape index (κ3) is 3.83. The first-order chi connectivity index (χ1) is 11.6. The van der Waals surface area contributed by atoms with Crippen LogP contribution in [0, 0.1) is 5.92 Å². The van der Waals surface area contributed by atoms with Gasteiger partial charge in [-0.15, -0.1) is 0 Å². The summed E-state index contributed by atoms with van der Waals surface area (Å²) in [5, 5.41) is 4.47. The molecule has 0 bridgehead atoms. The smallest absolute Gasteiger partial charge is 0.245 e. The number of hydrogen-bond donors (Lipinski definition) is 1. The molecule has 1 aliphatic rings. The Balaban J connectivity index is 1.54. The molecular weight excluding hydrogens is 330 g/mol. The Kier molecular flexibility index (Phi) is 4.96. The maximum absolute atomic E-state index is 12.2. The van der Waals surface area contributed by atoms with Crippen molar-refractivity contribution in [3.05, 3.63) is 59.0 Å². The molecule has 1 aromatic heterocycles. The van der Waals surface area contributed by atoms with Gasteiger partial charge in [-0.2, -0.15) is 5.10 Å². The van der Waals surface area contributed by atoms with Crippen LogP contribution in [0.3, 0.4) is 0 Å². The lowest BCUT2D eigenvalue weighted by Crippen LogP contribution is -2.30. The molecule has 124 valence electrons. The molecule has 24 heavy (non-hydrogen) atoms. The number of halogens is 1. The van der Waals surface area contributed by atoms with Gasteiger partial charge in [0.2, 0.25) is 11.8 Å². The van der Waals surface area contributed by atoms with Crippen molar-refractivity contribution in [2.24, 2.45) is 11.0 Å². The Morgan fingerprint density at radius 1 is 1.38 bits per heavy atom. The van der Waals surface area contributed by atoms with Crippen molar-refractivity contribution in [3.63, 3.8) is 0 Å². The topological polar surface area (TPSA) is 74.9 Å². The number of carbonyl (C=O) groups excluding carboxylic acids is 2. The molecule has 1 atom stereocenters. The molecule has 7 heteroatoms. The number of hydrazone groups is 1. The van der Waals surface area contributed by atoms with Gasteiger partial charge in [0.05, 0.1) is 24.9 Å². The first-order valence-electron chi connectivity index (χ1n) is 7.51. The first kappa shape index (κ1) is 16.3. The molecule has 2 amide bonds. The summed E-state index contributed by atoms with van der Waals surface area (Å²) < 4.78 is 5.23. The number of nitrogens with one attached hydrogen (secondary N) is 1. The summed E-state index contributed by atoms with van der Waals surface area (Å²) in [4.78, 5) is 25.8. The van der Waals surface area contributed by atoms with Crippen LogP contribution in [-0.2, 0) is 16.1 Å². The third-order valence-corrected chi connectivity index (χ3v) is 4.14. The van der Waals surface area contributed by atoms with E-state index in [0.717, 1.165) is 0 Å². The van der Waals surface area contributed by atoms with Crippen molar-refractivity contribution in [3.8, 4) is 0 Å². The Labute approximate surface area is 144 Å². The van der Waals surface area contributed by atoms with Crippen LogP contribution in [0.1, 0.15) is 17.7 Å². The summed E-state index contributed by atoms with van der Waals surface area (Å²) >= 11 is 6.01. The highest BCUT2D eigenvalue weighted by molar-refractivity contribution is 6.33. The molecule has 0 radical (unpaired) electrons. The largest absolute Gasteiger partial charge is 0.467 e. The average molecular weight is 346 g/mol. The average Bonchev–Trinajstić information content (AvgIpc) is 3.20. The summed E-state index contributed by atoms with van der Waals surface area (Å²) in [6.45, 7) is 0.728. The van der Waals surface area contributed by atoms with Crippen molar-refractivity contribution >= 4 is 29.6 Å². The molecule has 2 heterocycles. The molecule has 1 aromatic carbocycles. The number of carbonyl (C=O) groups is 2. The lowest BCUT2D eigenvalue weighted by Gasteiger charge is -2.14. The minimum atomic E-state index is -0.421. The molecule has 0 spiro atoms. The van der Waals surface area contributed by atoms with Crippen LogP contribution >= 0.6 is 11.6 Å². The van der Waals surface area contributed by atoms with E-state index in [2.05, 4.69) is 10.5 Å². The second kappa shape index (κ2) is 7.31. The monoisotopic (exact) mass is 345 g/mol. The number of likely N-dealkylation sites (tertiary alicyclic amines) is 1. The zero-order chi connectivity index (χ0) is 16.9. The van der Waals surface area contributed by atoms with E-state index in [1.165, 1.54) is 6.21 Å². The molecule has 1 aliphatic heterocycles. The summed E-state index contributed by atoms with van der Waals surface area (Å²) in [5.74, 6) is -0.0766. The van der Waals surface area contributed by atoms with Crippen molar-refractivity contribution in [1.29, 1.82) is 0 Å². The first-order valence-corrected chi connectivity index (χ1v) is 7.89. The zero-order valence-electron chi connectivity index (χ0n) is 12.8. The van der Waals surface area contributed by atoms with E-state index >= 15 is 0 Å². The quantitative estimate of drug-likeness (QED) is 0.668. The van der Waals surface area contributed by atoms with Gasteiger partial charge >= 0.3 is 0 Å². The highest BCUT2D eigenvalue weighted by Gasteiger charge is 2.34. The summed E-state index contributed by atoms with van der Waals surface area (Å²) in [5.41, 5.74) is 3.18. The van der Waals surface area contributed by atoms with Gasteiger partial charge in [-0.3, -0.25) is 9.59 Å². The maximum Gasteiger partial charge on any atom is 0.245 e. The Morgan fingerprint density at radius 3 is 2.96 bits per heavy atom. The number of furan rings is 1. The van der Waals surface area contributed by atoms with E-state index in [-0.39, 0.29) is 18.2 Å². The van der Waals surface area contributed by atoms with E-state index in [9.17, 15) is 9.59 Å². The summed E-state index contributed by atoms with van der Waals surface area (Å²) in [6.07, 6.45) is 3.22. The molecular formula is C17H16ClN3O3. The SMILES string of the molecule is O=C(N/N=C/c1ccccc1Cl)C1CC(=O)N(Cc2ccco2)C1. The number of nitrogens with zero attached hydrogens (tertiary/aromatic N) is 2. The van der Waals surface area contributed by atoms with Crippen LogP contribution in [0.5, 0.6) is 0 Å². The Morgan fingerprint density at radius 2 is 2.21 bits per heavy atom. The van der Waals surface area contributed by atoms with Gasteiger partial charge < -0.3 is 9.32 Å². The van der Waals surface area contributed by atoms with Crippen LogP contribution in [-0.4, -0.2) is 29.5 Å². The minimum absolute atomic E-state index is 0.0679. The summed E-state index contributed by atoms with van der Waals surface area (Å²) in [6, 6.07) is 10.8. The molecule has 2 aromatic rings. The van der Waals surface area contributed by atoms with E-state index in [1.807, 2.05) is 12.1 Å². The standard InChI is InChI=1S/C17H16ClN3O3/c18-15-6-2-1-4-12(15)9-19-20-17(23)13-8-16(22)21(10-13)11-14-5-3-7-24-14/h1-7,9,13H,8,10-11H2,(H,20,23)/b19-9+. The van der Waals surface area contributed by atoms with Gasteiger partial charge in [0.25, 0.3) is 0 Å². The predicted molar refractivity (Wildman–Crippen MR) is 89.4 cm³/mol. The van der Waals surface area contributed by atoms with Crippen LogP contribution in [0.4, 0.5) is 0 Å². The highest BCUT2D eigenvalue weighted by atomic mass is 35.5. The zero-order valence-corrected chi connectivity index (χ0v) is 13.6. The molecule has 0 aliphatic carbocycles. The third-order valence-electron chi connectivity index (χ3n) is 3.80. The van der Waals surface area contributed by atoms with Gasteiger partial charge in [-0.25, -0.2) is 5.43 Å². The maximum atomic E-state index is 12.2. The number of rotatable bonds is 5. The predicted octanol–water partition coefficient (Wildman–Crippen LogP) is 2.43. The second-order valence-corrected chi connectivity index (χ2v) is 5.92. The van der Waals surface area contributed by atoms with E-state index in [1.54, 1.807) is 35.4 Å². The van der Waals surface area contributed by atoms with Gasteiger partial charge in [0.15, 0.2) is 0 Å². The van der Waals surface area contributed by atoms with Crippen molar-refractivity contribution in [1.82, 2.24) is 10.3 Å². The van der Waals surface area contributed by atoms with Gasteiger partial charge in [-0.05, 0) is 18.2 Å². The summed E-state index contributed by atoms with van der Waals surface area (Å²) in [7, 11) is 0. The Hall–Kier alpha value is -2.60. The molecule has 1 unspecified atom stereocenters. The lowest BCUT2D eigenvalue weighted by atomic mass is 10.1. The van der Waals surface area contributed by atoms with Crippen LogP contribution in [0.15, 0.2) is 52.2 Å². The molecule has 1 fully saturated rings. The van der Waals surface area contributed by atoms with Gasteiger partial charge in [-0.1, -0.05) is 29.8 Å². The minimum Gasteiger partial charge on any atom is -0.467 e. The molecule has 1 N–H and O–H groups in total. The van der Waals surface area contributed by atoms with Crippen LogP contribution < -0.4 is 5.43 Å². The number of amides is 2. The van der Waals surface area contributed by atoms with Crippen LogP contribution in [0.2, 0.25) is 5.02 Å². The molecule has 0 saturated carbocycles. The molecule has 3 rings (SSSR count). The van der Waals surface area contributed by atoms with E-state index in [4.69, 9.17) is 16.0 Å². The number of benzene rings is 1. The number of hydrogen-bond acceptors (Lipinski definition) is 4. The van der Waals surface area contributed by atoms with Gasteiger partial charge in [0.1, 0.15) is 5.76 Å². The fourth-order valence-corrected chi connectivity index (χ4v) is 2.71. The lowest BCUT2D eigenvalue weighted by molar-refractivity contribution is -0.129.